The Kier molecular flexibility index (Phi) is 7.04. The summed E-state index contributed by atoms with van der Waals surface area (Å²) in [6.45, 7) is -0.882. The van der Waals surface area contributed by atoms with E-state index < -0.39 is 24.0 Å². The van der Waals surface area contributed by atoms with Crippen molar-refractivity contribution in [3.8, 4) is 5.75 Å². The second-order valence-corrected chi connectivity index (χ2v) is 8.61. The molecule has 2 aliphatic carbocycles. The second kappa shape index (κ2) is 9.29. The summed E-state index contributed by atoms with van der Waals surface area (Å²) in [5, 5.41) is 0. The molecule has 0 aliphatic heterocycles. The normalized spacial score (nSPS) is 29.1. The lowest BCUT2D eigenvalue weighted by Gasteiger charge is -2.37. The van der Waals surface area contributed by atoms with E-state index in [-0.39, 0.29) is 0 Å². The first-order valence-corrected chi connectivity index (χ1v) is 10.3. The van der Waals surface area contributed by atoms with Gasteiger partial charge in [0.05, 0.1) is 0 Å². The van der Waals surface area contributed by atoms with Crippen LogP contribution in [0.15, 0.2) is 12.1 Å². The molecular formula is C22H30F4O. The minimum atomic E-state index is -3.23. The Morgan fingerprint density at radius 2 is 1.41 bits per heavy atom. The van der Waals surface area contributed by atoms with Crippen LogP contribution in [0.5, 0.6) is 5.75 Å². The van der Waals surface area contributed by atoms with Crippen molar-refractivity contribution < 1.29 is 22.3 Å². The topological polar surface area (TPSA) is 9.23 Å². The molecule has 1 aromatic rings. The first-order chi connectivity index (χ1) is 12.9. The van der Waals surface area contributed by atoms with Gasteiger partial charge < -0.3 is 4.74 Å². The van der Waals surface area contributed by atoms with Crippen molar-refractivity contribution in [2.75, 3.05) is 0 Å². The zero-order valence-corrected chi connectivity index (χ0v) is 16.0. The van der Waals surface area contributed by atoms with Crippen molar-refractivity contribution >= 4 is 0 Å². The minimum absolute atomic E-state index is 0.509. The third-order valence-corrected chi connectivity index (χ3v) is 6.72. The molecule has 0 aromatic heterocycles. The van der Waals surface area contributed by atoms with Crippen LogP contribution < -0.4 is 4.74 Å². The molecule has 3 rings (SSSR count). The molecule has 0 radical (unpaired) electrons. The van der Waals surface area contributed by atoms with Crippen molar-refractivity contribution in [2.24, 2.45) is 23.7 Å². The van der Waals surface area contributed by atoms with Gasteiger partial charge in [0.25, 0.3) is 0 Å². The van der Waals surface area contributed by atoms with E-state index >= 15 is 0 Å². The smallest absolute Gasteiger partial charge is 0.387 e. The van der Waals surface area contributed by atoms with E-state index in [1.54, 1.807) is 0 Å². The molecule has 0 N–H and O–H groups in total. The Bertz CT molecular complexity index is 579. The monoisotopic (exact) mass is 386 g/mol. The summed E-state index contributed by atoms with van der Waals surface area (Å²) >= 11 is 0. The highest BCUT2D eigenvalue weighted by molar-refractivity contribution is 5.31. The molecule has 1 aromatic carbocycles. The van der Waals surface area contributed by atoms with Crippen molar-refractivity contribution in [2.45, 2.75) is 77.7 Å². The van der Waals surface area contributed by atoms with Crippen LogP contribution in [0.4, 0.5) is 17.6 Å². The van der Waals surface area contributed by atoms with E-state index in [0.29, 0.717) is 17.9 Å². The van der Waals surface area contributed by atoms with Crippen LogP contribution in [0, 0.1) is 35.3 Å². The Balaban J connectivity index is 1.46. The van der Waals surface area contributed by atoms with Gasteiger partial charge in [-0.3, -0.25) is 0 Å². The van der Waals surface area contributed by atoms with Crippen LogP contribution in [0.2, 0.25) is 0 Å². The fourth-order valence-corrected chi connectivity index (χ4v) is 5.03. The molecule has 27 heavy (non-hydrogen) atoms. The maximum atomic E-state index is 13.8. The molecule has 0 spiro atoms. The maximum absolute atomic E-state index is 13.8. The predicted molar refractivity (Wildman–Crippen MR) is 97.9 cm³/mol. The number of benzene rings is 1. The van der Waals surface area contributed by atoms with Gasteiger partial charge in [0.15, 0.2) is 17.4 Å². The fraction of sp³-hybridized carbons (Fsp3) is 0.727. The summed E-state index contributed by atoms with van der Waals surface area (Å²) in [4.78, 5) is 0. The molecule has 0 unspecified atom stereocenters. The Morgan fingerprint density at radius 1 is 0.889 bits per heavy atom. The van der Waals surface area contributed by atoms with Gasteiger partial charge in [0, 0.05) is 0 Å². The van der Waals surface area contributed by atoms with Gasteiger partial charge in [-0.05, 0) is 79.9 Å². The SMILES string of the molecule is CC1CCC(C2CCC(CCc3cc(F)c(OC(F)F)c(F)c3)CC2)CC1. The maximum Gasteiger partial charge on any atom is 0.387 e. The highest BCUT2D eigenvalue weighted by Crippen LogP contribution is 2.42. The van der Waals surface area contributed by atoms with Gasteiger partial charge in [-0.2, -0.15) is 8.78 Å². The van der Waals surface area contributed by atoms with Gasteiger partial charge in [-0.25, -0.2) is 8.78 Å². The number of rotatable bonds is 6. The Hall–Kier alpha value is -1.26. The molecular weight excluding hydrogens is 356 g/mol. The summed E-state index contributed by atoms with van der Waals surface area (Å²) in [6, 6.07) is 2.24. The first kappa shape index (κ1) is 20.5. The minimum Gasteiger partial charge on any atom is -0.429 e. The zero-order chi connectivity index (χ0) is 19.4. The van der Waals surface area contributed by atoms with Crippen LogP contribution in [0.3, 0.4) is 0 Å². The predicted octanol–water partition coefficient (Wildman–Crippen LogP) is 7.13. The number of alkyl halides is 2. The molecule has 0 atom stereocenters. The lowest BCUT2D eigenvalue weighted by Crippen LogP contribution is -2.25. The van der Waals surface area contributed by atoms with Gasteiger partial charge in [0.2, 0.25) is 0 Å². The molecule has 0 heterocycles. The van der Waals surface area contributed by atoms with E-state index in [1.807, 2.05) is 0 Å². The van der Waals surface area contributed by atoms with Gasteiger partial charge in [0.1, 0.15) is 0 Å². The van der Waals surface area contributed by atoms with Crippen molar-refractivity contribution in [1.29, 1.82) is 0 Å². The molecule has 0 amide bonds. The van der Waals surface area contributed by atoms with Gasteiger partial charge in [-0.15, -0.1) is 0 Å². The third-order valence-electron chi connectivity index (χ3n) is 6.72. The van der Waals surface area contributed by atoms with E-state index in [1.165, 1.54) is 51.4 Å². The van der Waals surface area contributed by atoms with E-state index in [4.69, 9.17) is 0 Å². The fourth-order valence-electron chi connectivity index (χ4n) is 5.03. The molecule has 0 saturated heterocycles. The van der Waals surface area contributed by atoms with Crippen molar-refractivity contribution in [1.82, 2.24) is 0 Å². The van der Waals surface area contributed by atoms with Crippen LogP contribution in [-0.4, -0.2) is 6.61 Å². The lowest BCUT2D eigenvalue weighted by molar-refractivity contribution is -0.0546. The van der Waals surface area contributed by atoms with E-state index in [2.05, 4.69) is 11.7 Å². The van der Waals surface area contributed by atoms with E-state index in [0.717, 1.165) is 36.3 Å². The number of aryl methyl sites for hydroxylation is 1. The molecule has 1 nitrogen and oxygen atoms in total. The zero-order valence-electron chi connectivity index (χ0n) is 16.0. The average Bonchev–Trinajstić information content (AvgIpc) is 2.64. The van der Waals surface area contributed by atoms with Crippen LogP contribution in [-0.2, 0) is 6.42 Å². The van der Waals surface area contributed by atoms with Crippen LogP contribution in [0.25, 0.3) is 0 Å². The molecule has 2 aliphatic rings. The summed E-state index contributed by atoms with van der Waals surface area (Å²) in [6.07, 6.45) is 11.9. The molecule has 152 valence electrons. The van der Waals surface area contributed by atoms with Crippen LogP contribution in [0.1, 0.15) is 70.3 Å². The highest BCUT2D eigenvalue weighted by Gasteiger charge is 2.29. The molecule has 0 bridgehead atoms. The average molecular weight is 386 g/mol. The third kappa shape index (κ3) is 5.61. The lowest BCUT2D eigenvalue weighted by atomic mass is 9.69. The van der Waals surface area contributed by atoms with Gasteiger partial charge >= 0.3 is 6.61 Å². The van der Waals surface area contributed by atoms with Crippen molar-refractivity contribution in [3.05, 3.63) is 29.3 Å². The molecule has 2 saturated carbocycles. The highest BCUT2D eigenvalue weighted by atomic mass is 19.3. The Morgan fingerprint density at radius 3 is 1.93 bits per heavy atom. The molecule has 2 fully saturated rings. The summed E-state index contributed by atoms with van der Waals surface area (Å²) < 4.78 is 56.0. The quantitative estimate of drug-likeness (QED) is 0.473. The first-order valence-electron chi connectivity index (χ1n) is 10.3. The van der Waals surface area contributed by atoms with Crippen molar-refractivity contribution in [3.63, 3.8) is 0 Å². The summed E-state index contributed by atoms with van der Waals surface area (Å²) in [5.41, 5.74) is 0.509. The van der Waals surface area contributed by atoms with Gasteiger partial charge in [-0.1, -0.05) is 32.6 Å². The number of ether oxygens (including phenoxy) is 1. The number of hydrogen-bond acceptors (Lipinski definition) is 1. The number of halogens is 4. The Labute approximate surface area is 159 Å². The number of hydrogen-bond donors (Lipinski definition) is 0. The molecule has 5 heteroatoms. The second-order valence-electron chi connectivity index (χ2n) is 8.61. The summed E-state index contributed by atoms with van der Waals surface area (Å²) in [7, 11) is 0. The standard InChI is InChI=1S/C22H30F4O/c1-14-2-8-17(9-3-14)18-10-6-15(7-11-18)4-5-16-12-19(23)21(20(24)13-16)27-22(25)26/h12-15,17-18,22H,2-11H2,1H3. The van der Waals surface area contributed by atoms with Crippen LogP contribution >= 0.6 is 0 Å². The van der Waals surface area contributed by atoms with E-state index in [9.17, 15) is 17.6 Å². The largest absolute Gasteiger partial charge is 0.429 e. The summed E-state index contributed by atoms with van der Waals surface area (Å²) in [5.74, 6) is 0.127.